The van der Waals surface area contributed by atoms with E-state index in [0.717, 1.165) is 12.1 Å². The molecule has 1 aromatic rings. The lowest BCUT2D eigenvalue weighted by Gasteiger charge is -2.17. The Bertz CT molecular complexity index is 368. The van der Waals surface area contributed by atoms with Crippen LogP contribution in [-0.2, 0) is 6.18 Å². The Balaban J connectivity index is 0.00000256. The minimum atomic E-state index is -4.53. The van der Waals surface area contributed by atoms with E-state index in [1.54, 1.807) is 0 Å². The molecule has 98 valence electrons. The topological polar surface area (TPSA) is 52.0 Å². The van der Waals surface area contributed by atoms with Crippen molar-refractivity contribution in [2.75, 3.05) is 6.54 Å². The van der Waals surface area contributed by atoms with Crippen LogP contribution in [0.3, 0.4) is 0 Å². The van der Waals surface area contributed by atoms with Crippen LogP contribution >= 0.6 is 12.4 Å². The summed E-state index contributed by atoms with van der Waals surface area (Å²) in [6.07, 6.45) is -4.36. The summed E-state index contributed by atoms with van der Waals surface area (Å²) in [5.41, 5.74) is 9.57. The zero-order chi connectivity index (χ0) is 12.3. The fraction of sp³-hybridized carbons (Fsp3) is 0.400. The van der Waals surface area contributed by atoms with Crippen LogP contribution in [0.25, 0.3) is 0 Å². The molecule has 0 unspecified atom stereocenters. The Morgan fingerprint density at radius 3 is 2.29 bits per heavy atom. The number of benzene rings is 1. The van der Waals surface area contributed by atoms with Gasteiger partial charge >= 0.3 is 6.18 Å². The van der Waals surface area contributed by atoms with Gasteiger partial charge in [-0.2, -0.15) is 13.2 Å². The predicted octanol–water partition coefficient (Wildman–Crippen LogP) is 2.61. The van der Waals surface area contributed by atoms with E-state index in [1.165, 1.54) is 0 Å². The van der Waals surface area contributed by atoms with Gasteiger partial charge in [-0.1, -0.05) is 0 Å². The SMILES string of the molecule is Cl.NCC[C@@H](N)c1cc(F)ccc1C(F)(F)F. The summed E-state index contributed by atoms with van der Waals surface area (Å²) in [7, 11) is 0. The summed E-state index contributed by atoms with van der Waals surface area (Å²) < 4.78 is 50.6. The molecular formula is C10H13ClF4N2. The quantitative estimate of drug-likeness (QED) is 0.831. The monoisotopic (exact) mass is 272 g/mol. The second-order valence-electron chi connectivity index (χ2n) is 3.41. The predicted molar refractivity (Wildman–Crippen MR) is 59.2 cm³/mol. The van der Waals surface area contributed by atoms with Crippen LogP contribution < -0.4 is 11.5 Å². The van der Waals surface area contributed by atoms with Gasteiger partial charge in [-0.05, 0) is 36.7 Å². The Morgan fingerprint density at radius 1 is 1.24 bits per heavy atom. The lowest BCUT2D eigenvalue weighted by atomic mass is 9.98. The molecule has 7 heteroatoms. The van der Waals surface area contributed by atoms with Crippen LogP contribution in [-0.4, -0.2) is 6.54 Å². The lowest BCUT2D eigenvalue weighted by Crippen LogP contribution is -2.20. The van der Waals surface area contributed by atoms with E-state index in [1.807, 2.05) is 0 Å². The smallest absolute Gasteiger partial charge is 0.330 e. The molecule has 0 saturated heterocycles. The first-order valence-electron chi connectivity index (χ1n) is 4.68. The maximum Gasteiger partial charge on any atom is 0.416 e. The molecule has 0 radical (unpaired) electrons. The van der Waals surface area contributed by atoms with E-state index in [4.69, 9.17) is 11.5 Å². The third kappa shape index (κ3) is 4.14. The van der Waals surface area contributed by atoms with Gasteiger partial charge in [0, 0.05) is 6.04 Å². The maximum absolute atomic E-state index is 12.9. The van der Waals surface area contributed by atoms with Crippen LogP contribution in [0, 0.1) is 5.82 Å². The van der Waals surface area contributed by atoms with Crippen LogP contribution in [0.1, 0.15) is 23.6 Å². The number of hydrogen-bond donors (Lipinski definition) is 2. The minimum absolute atomic E-state index is 0. The number of hydrogen-bond acceptors (Lipinski definition) is 2. The molecule has 0 aliphatic heterocycles. The summed E-state index contributed by atoms with van der Waals surface area (Å²) in [4.78, 5) is 0. The molecule has 1 atom stereocenters. The van der Waals surface area contributed by atoms with E-state index in [2.05, 4.69) is 0 Å². The molecule has 2 nitrogen and oxygen atoms in total. The summed E-state index contributed by atoms with van der Waals surface area (Å²) in [6.45, 7) is 0.148. The number of halogens is 5. The van der Waals surface area contributed by atoms with Crippen molar-refractivity contribution < 1.29 is 17.6 Å². The Kier molecular flexibility index (Phi) is 5.87. The van der Waals surface area contributed by atoms with Crippen LogP contribution in [0.15, 0.2) is 18.2 Å². The first-order chi connectivity index (χ1) is 7.36. The van der Waals surface area contributed by atoms with Crippen LogP contribution in [0.4, 0.5) is 17.6 Å². The van der Waals surface area contributed by atoms with Gasteiger partial charge in [0.15, 0.2) is 0 Å². The van der Waals surface area contributed by atoms with Gasteiger partial charge in [-0.25, -0.2) is 4.39 Å². The Morgan fingerprint density at radius 2 is 1.82 bits per heavy atom. The first kappa shape index (κ1) is 16.1. The highest BCUT2D eigenvalue weighted by Crippen LogP contribution is 2.35. The molecule has 0 bridgehead atoms. The zero-order valence-electron chi connectivity index (χ0n) is 8.80. The van der Waals surface area contributed by atoms with Crippen molar-refractivity contribution in [2.24, 2.45) is 11.5 Å². The molecular weight excluding hydrogens is 260 g/mol. The van der Waals surface area contributed by atoms with Crippen molar-refractivity contribution in [2.45, 2.75) is 18.6 Å². The van der Waals surface area contributed by atoms with E-state index in [9.17, 15) is 17.6 Å². The van der Waals surface area contributed by atoms with Gasteiger partial charge < -0.3 is 11.5 Å². The highest BCUT2D eigenvalue weighted by atomic mass is 35.5. The molecule has 0 spiro atoms. The molecule has 0 aliphatic carbocycles. The van der Waals surface area contributed by atoms with Gasteiger partial charge in [0.25, 0.3) is 0 Å². The fourth-order valence-corrected chi connectivity index (χ4v) is 1.43. The second kappa shape index (κ2) is 6.18. The van der Waals surface area contributed by atoms with Gasteiger partial charge in [0.2, 0.25) is 0 Å². The molecule has 0 fully saturated rings. The van der Waals surface area contributed by atoms with E-state index in [0.29, 0.717) is 6.07 Å². The molecule has 1 rings (SSSR count). The standard InChI is InChI=1S/C10H12F4N2.ClH/c11-6-1-2-8(10(12,13)14)7(5-6)9(16)3-4-15;/h1-2,5,9H,3-4,15-16H2;1H/t9-;/m1./s1. The number of alkyl halides is 3. The zero-order valence-corrected chi connectivity index (χ0v) is 9.61. The normalized spacial score (nSPS) is 13.1. The van der Waals surface area contributed by atoms with Gasteiger partial charge in [0.1, 0.15) is 5.82 Å². The van der Waals surface area contributed by atoms with Crippen molar-refractivity contribution >= 4 is 12.4 Å². The average Bonchev–Trinajstić information content (AvgIpc) is 2.16. The van der Waals surface area contributed by atoms with Gasteiger partial charge in [-0.15, -0.1) is 12.4 Å². The third-order valence-corrected chi connectivity index (χ3v) is 2.20. The molecule has 0 aromatic heterocycles. The van der Waals surface area contributed by atoms with Crippen LogP contribution in [0.2, 0.25) is 0 Å². The van der Waals surface area contributed by atoms with E-state index < -0.39 is 23.6 Å². The van der Waals surface area contributed by atoms with Gasteiger partial charge in [-0.3, -0.25) is 0 Å². The van der Waals surface area contributed by atoms with Crippen molar-refractivity contribution in [3.63, 3.8) is 0 Å². The highest BCUT2D eigenvalue weighted by molar-refractivity contribution is 5.85. The molecule has 0 aliphatic rings. The third-order valence-electron chi connectivity index (χ3n) is 2.20. The average molecular weight is 273 g/mol. The van der Waals surface area contributed by atoms with Crippen molar-refractivity contribution in [1.82, 2.24) is 0 Å². The van der Waals surface area contributed by atoms with Gasteiger partial charge in [0.05, 0.1) is 5.56 Å². The molecule has 1 aromatic carbocycles. The lowest BCUT2D eigenvalue weighted by molar-refractivity contribution is -0.138. The molecule has 4 N–H and O–H groups in total. The summed E-state index contributed by atoms with van der Waals surface area (Å²) in [5.74, 6) is -0.740. The van der Waals surface area contributed by atoms with Crippen molar-refractivity contribution in [3.8, 4) is 0 Å². The minimum Gasteiger partial charge on any atom is -0.330 e. The largest absolute Gasteiger partial charge is 0.416 e. The number of rotatable bonds is 3. The molecule has 0 amide bonds. The summed E-state index contributed by atoms with van der Waals surface area (Å²) in [5, 5.41) is 0. The van der Waals surface area contributed by atoms with Crippen molar-refractivity contribution in [1.29, 1.82) is 0 Å². The first-order valence-corrected chi connectivity index (χ1v) is 4.68. The Labute approximate surface area is 102 Å². The summed E-state index contributed by atoms with van der Waals surface area (Å²) in [6, 6.07) is 1.36. The fourth-order valence-electron chi connectivity index (χ4n) is 1.43. The van der Waals surface area contributed by atoms with E-state index in [-0.39, 0.29) is 30.9 Å². The summed E-state index contributed by atoms with van der Waals surface area (Å²) >= 11 is 0. The van der Waals surface area contributed by atoms with Crippen LogP contribution in [0.5, 0.6) is 0 Å². The molecule has 0 heterocycles. The van der Waals surface area contributed by atoms with Crippen molar-refractivity contribution in [3.05, 3.63) is 35.1 Å². The molecule has 17 heavy (non-hydrogen) atoms. The number of nitrogens with two attached hydrogens (primary N) is 2. The highest BCUT2D eigenvalue weighted by Gasteiger charge is 2.34. The van der Waals surface area contributed by atoms with E-state index >= 15 is 0 Å². The molecule has 0 saturated carbocycles. The second-order valence-corrected chi connectivity index (χ2v) is 3.41. The Hall–Kier alpha value is -0.850. The maximum atomic E-state index is 12.9.